The van der Waals surface area contributed by atoms with Gasteiger partial charge in [-0.25, -0.2) is 0 Å². The smallest absolute Gasteiger partial charge is 0.266 e. The Morgan fingerprint density at radius 3 is 2.95 bits per heavy atom. The molecule has 1 aromatic carbocycles. The number of carbonyl (C=O) groups is 1. The average Bonchev–Trinajstić information content (AvgIpc) is 2.76. The minimum absolute atomic E-state index is 0.127. The van der Waals surface area contributed by atoms with E-state index in [4.69, 9.17) is 22.6 Å². The van der Waals surface area contributed by atoms with E-state index in [0.717, 1.165) is 10.1 Å². The summed E-state index contributed by atoms with van der Waals surface area (Å²) in [4.78, 5) is 14.6. The van der Waals surface area contributed by atoms with Gasteiger partial charge in [0.15, 0.2) is 0 Å². The highest BCUT2D eigenvalue weighted by Crippen LogP contribution is 2.35. The normalized spacial score (nSPS) is 10.4. The summed E-state index contributed by atoms with van der Waals surface area (Å²) in [5.74, 6) is -0.127. The van der Waals surface area contributed by atoms with Crippen LogP contribution in [0.5, 0.6) is 0 Å². The molecule has 2 N–H and O–H groups in total. The Kier molecular flexibility index (Phi) is 4.48. The van der Waals surface area contributed by atoms with Crippen LogP contribution in [-0.4, -0.2) is 23.9 Å². The number of nitrogens with zero attached hydrogens (tertiary/aromatic N) is 2. The van der Waals surface area contributed by atoms with E-state index < -0.39 is 0 Å². The molecule has 0 radical (unpaired) electrons. The number of nitrogen functional groups attached to an aromatic ring is 1. The number of nitrogens with two attached hydrogens (primary N) is 1. The fourth-order valence-electron chi connectivity index (χ4n) is 1.98. The van der Waals surface area contributed by atoms with Gasteiger partial charge in [-0.1, -0.05) is 11.6 Å². The van der Waals surface area contributed by atoms with E-state index >= 15 is 0 Å². The van der Waals surface area contributed by atoms with Gasteiger partial charge < -0.3 is 10.6 Å². The molecule has 0 spiro atoms. The van der Waals surface area contributed by atoms with Gasteiger partial charge in [-0.05, 0) is 25.1 Å². The van der Waals surface area contributed by atoms with Gasteiger partial charge in [-0.15, -0.1) is 11.3 Å². The Labute approximate surface area is 126 Å². The molecule has 2 aromatic rings. The first-order chi connectivity index (χ1) is 9.58. The molecular weight excluding hydrogens is 294 g/mol. The van der Waals surface area contributed by atoms with Crippen molar-refractivity contribution in [2.75, 3.05) is 18.8 Å². The van der Waals surface area contributed by atoms with E-state index in [2.05, 4.69) is 0 Å². The zero-order chi connectivity index (χ0) is 14.7. The van der Waals surface area contributed by atoms with E-state index in [1.54, 1.807) is 17.0 Å². The zero-order valence-electron chi connectivity index (χ0n) is 11.0. The average molecular weight is 308 g/mol. The Balaban J connectivity index is 2.39. The fraction of sp³-hybridized carbons (Fsp3) is 0.286. The molecule has 1 amide bonds. The van der Waals surface area contributed by atoms with Crippen molar-refractivity contribution in [3.05, 3.63) is 28.1 Å². The minimum Gasteiger partial charge on any atom is -0.397 e. The lowest BCUT2D eigenvalue weighted by Crippen LogP contribution is -2.31. The number of hydrogen-bond acceptors (Lipinski definition) is 4. The van der Waals surface area contributed by atoms with Gasteiger partial charge in [0.2, 0.25) is 0 Å². The summed E-state index contributed by atoms with van der Waals surface area (Å²) in [6.07, 6.45) is 0.316. The molecule has 1 aromatic heterocycles. The van der Waals surface area contributed by atoms with E-state index in [1.807, 2.05) is 19.1 Å². The number of hydrogen-bond donors (Lipinski definition) is 1. The summed E-state index contributed by atoms with van der Waals surface area (Å²) >= 11 is 7.29. The largest absolute Gasteiger partial charge is 0.397 e. The second-order valence-electron chi connectivity index (χ2n) is 4.28. The Hall–Kier alpha value is -1.77. The minimum atomic E-state index is -0.127. The quantitative estimate of drug-likeness (QED) is 0.939. The number of thiophene rings is 1. The van der Waals surface area contributed by atoms with E-state index in [9.17, 15) is 4.79 Å². The number of carbonyl (C=O) groups excluding carboxylic acids is 1. The summed E-state index contributed by atoms with van der Waals surface area (Å²) in [6.45, 7) is 2.85. The number of halogens is 1. The molecule has 0 atom stereocenters. The first-order valence-corrected chi connectivity index (χ1v) is 7.41. The van der Waals surface area contributed by atoms with Gasteiger partial charge in [-0.2, -0.15) is 5.26 Å². The van der Waals surface area contributed by atoms with E-state index in [0.29, 0.717) is 35.1 Å². The lowest BCUT2D eigenvalue weighted by molar-refractivity contribution is 0.0773. The lowest BCUT2D eigenvalue weighted by Gasteiger charge is -2.18. The topological polar surface area (TPSA) is 70.1 Å². The number of amides is 1. The second kappa shape index (κ2) is 6.12. The molecule has 0 fully saturated rings. The van der Waals surface area contributed by atoms with Crippen LogP contribution in [0.25, 0.3) is 10.1 Å². The molecule has 104 valence electrons. The van der Waals surface area contributed by atoms with Gasteiger partial charge in [0.25, 0.3) is 5.91 Å². The molecule has 20 heavy (non-hydrogen) atoms. The molecular formula is C14H14ClN3OS. The van der Waals surface area contributed by atoms with Crippen molar-refractivity contribution in [1.29, 1.82) is 5.26 Å². The molecule has 0 aliphatic carbocycles. The number of benzene rings is 1. The molecule has 0 bridgehead atoms. The molecule has 1 heterocycles. The van der Waals surface area contributed by atoms with Gasteiger partial charge in [0.1, 0.15) is 4.88 Å². The lowest BCUT2D eigenvalue weighted by atomic mass is 10.2. The molecule has 4 nitrogen and oxygen atoms in total. The van der Waals surface area contributed by atoms with Crippen LogP contribution in [-0.2, 0) is 0 Å². The second-order valence-corrected chi connectivity index (χ2v) is 5.77. The van der Waals surface area contributed by atoms with Crippen LogP contribution in [0.2, 0.25) is 5.02 Å². The third-order valence-corrected chi connectivity index (χ3v) is 4.44. The van der Waals surface area contributed by atoms with Crippen molar-refractivity contribution < 1.29 is 4.79 Å². The third kappa shape index (κ3) is 2.72. The SMILES string of the molecule is CCN(CCC#N)C(=O)c1sc2cc(Cl)ccc2c1N. The third-order valence-electron chi connectivity index (χ3n) is 3.05. The molecule has 0 unspecified atom stereocenters. The summed E-state index contributed by atoms with van der Waals surface area (Å²) < 4.78 is 0.898. The standard InChI is InChI=1S/C14H14ClN3OS/c1-2-18(7-3-6-16)14(19)13-12(17)10-5-4-9(15)8-11(10)20-13/h4-5,8H,2-3,7,17H2,1H3. The Bertz CT molecular complexity index is 690. The van der Waals surface area contributed by atoms with Crippen LogP contribution in [0.4, 0.5) is 5.69 Å². The molecule has 0 aliphatic heterocycles. The van der Waals surface area contributed by atoms with E-state index in [-0.39, 0.29) is 5.91 Å². The first kappa shape index (κ1) is 14.6. The van der Waals surface area contributed by atoms with Crippen molar-refractivity contribution in [3.63, 3.8) is 0 Å². The summed E-state index contributed by atoms with van der Waals surface area (Å²) in [7, 11) is 0. The highest BCUT2D eigenvalue weighted by Gasteiger charge is 2.21. The molecule has 0 aliphatic rings. The monoisotopic (exact) mass is 307 g/mol. The first-order valence-electron chi connectivity index (χ1n) is 6.22. The Morgan fingerprint density at radius 2 is 2.30 bits per heavy atom. The van der Waals surface area contributed by atoms with Crippen molar-refractivity contribution in [1.82, 2.24) is 4.90 Å². The molecule has 0 saturated carbocycles. The van der Waals surface area contributed by atoms with Gasteiger partial charge in [0.05, 0.1) is 18.2 Å². The fourth-order valence-corrected chi connectivity index (χ4v) is 3.35. The van der Waals surface area contributed by atoms with Crippen LogP contribution in [0.15, 0.2) is 18.2 Å². The van der Waals surface area contributed by atoms with Crippen LogP contribution in [0, 0.1) is 11.3 Å². The predicted molar refractivity (Wildman–Crippen MR) is 83.1 cm³/mol. The van der Waals surface area contributed by atoms with Crippen LogP contribution in [0.1, 0.15) is 23.0 Å². The molecule has 2 rings (SSSR count). The summed E-state index contributed by atoms with van der Waals surface area (Å²) in [5, 5.41) is 10.1. The zero-order valence-corrected chi connectivity index (χ0v) is 12.6. The van der Waals surface area contributed by atoms with Gasteiger partial charge >= 0.3 is 0 Å². The molecule has 0 saturated heterocycles. The van der Waals surface area contributed by atoms with Crippen molar-refractivity contribution >= 4 is 44.6 Å². The van der Waals surface area contributed by atoms with Gasteiger partial charge in [0, 0.05) is 28.2 Å². The Morgan fingerprint density at radius 1 is 1.55 bits per heavy atom. The highest BCUT2D eigenvalue weighted by molar-refractivity contribution is 7.21. The maximum atomic E-state index is 12.5. The number of rotatable bonds is 4. The van der Waals surface area contributed by atoms with Crippen molar-refractivity contribution in [3.8, 4) is 6.07 Å². The van der Waals surface area contributed by atoms with Crippen molar-refractivity contribution in [2.45, 2.75) is 13.3 Å². The van der Waals surface area contributed by atoms with Crippen LogP contribution >= 0.6 is 22.9 Å². The number of fused-ring (bicyclic) bond motifs is 1. The summed E-state index contributed by atoms with van der Waals surface area (Å²) in [5.41, 5.74) is 6.55. The molecule has 6 heteroatoms. The van der Waals surface area contributed by atoms with Crippen LogP contribution < -0.4 is 5.73 Å². The number of anilines is 1. The van der Waals surface area contributed by atoms with Crippen LogP contribution in [0.3, 0.4) is 0 Å². The van der Waals surface area contributed by atoms with E-state index in [1.165, 1.54) is 11.3 Å². The summed E-state index contributed by atoms with van der Waals surface area (Å²) in [6, 6.07) is 7.44. The maximum Gasteiger partial charge on any atom is 0.266 e. The predicted octanol–water partition coefficient (Wildman–Crippen LogP) is 3.51. The highest BCUT2D eigenvalue weighted by atomic mass is 35.5. The van der Waals surface area contributed by atoms with Crippen molar-refractivity contribution in [2.24, 2.45) is 0 Å². The van der Waals surface area contributed by atoms with Gasteiger partial charge in [-0.3, -0.25) is 4.79 Å². The maximum absolute atomic E-state index is 12.5. The number of nitriles is 1.